The Balaban J connectivity index is 0.000000288. The van der Waals surface area contributed by atoms with E-state index in [1.165, 1.54) is 0 Å². The van der Waals surface area contributed by atoms with Gasteiger partial charge in [0.25, 0.3) is 0 Å². The number of rotatable bonds is 4. The van der Waals surface area contributed by atoms with Gasteiger partial charge < -0.3 is 10.2 Å². The highest BCUT2D eigenvalue weighted by atomic mass is 79.9. The number of para-hydroxylation sites is 1. The summed E-state index contributed by atoms with van der Waals surface area (Å²) in [6.07, 6.45) is 1.53. The fraction of sp³-hybridized carbons (Fsp3) is 0.500. The zero-order chi connectivity index (χ0) is 12.4. The third kappa shape index (κ3) is 10.5. The molecule has 2 nitrogen and oxygen atoms in total. The predicted molar refractivity (Wildman–Crippen MR) is 75.5 cm³/mol. The van der Waals surface area contributed by atoms with Crippen LogP contribution in [0, 0.1) is 0 Å². The lowest BCUT2D eigenvalue weighted by molar-refractivity contribution is 0.163. The molecule has 2 atom stereocenters. The summed E-state index contributed by atoms with van der Waals surface area (Å²) in [5, 5.41) is 18.7. The van der Waals surface area contributed by atoms with Crippen LogP contribution < -0.4 is 0 Å². The molecule has 1 aromatic carbocycles. The Morgan fingerprint density at radius 1 is 1.25 bits per heavy atom. The highest BCUT2D eigenvalue weighted by molar-refractivity contribution is 9.09. The topological polar surface area (TPSA) is 40.5 Å². The Kier molecular flexibility index (Phi) is 10.1. The molecule has 4 heteroatoms. The summed E-state index contributed by atoms with van der Waals surface area (Å²) in [4.78, 5) is 0.423. The van der Waals surface area contributed by atoms with Gasteiger partial charge in [0.05, 0.1) is 6.10 Å². The molecule has 92 valence electrons. The van der Waals surface area contributed by atoms with Gasteiger partial charge in [0, 0.05) is 10.2 Å². The van der Waals surface area contributed by atoms with Gasteiger partial charge in [-0.2, -0.15) is 0 Å². The van der Waals surface area contributed by atoms with Gasteiger partial charge in [-0.3, -0.25) is 0 Å². The lowest BCUT2D eigenvalue weighted by Gasteiger charge is -2.08. The van der Waals surface area contributed by atoms with E-state index in [2.05, 4.69) is 31.9 Å². The third-order valence-corrected chi connectivity index (χ3v) is 2.63. The van der Waals surface area contributed by atoms with Crippen molar-refractivity contribution in [1.82, 2.24) is 0 Å². The fourth-order valence-corrected chi connectivity index (χ4v) is 2.01. The van der Waals surface area contributed by atoms with Gasteiger partial charge in [-0.1, -0.05) is 57.0 Å². The van der Waals surface area contributed by atoms with Gasteiger partial charge in [0.1, 0.15) is 5.75 Å². The van der Waals surface area contributed by atoms with Crippen LogP contribution in [0.2, 0.25) is 0 Å². The van der Waals surface area contributed by atoms with Gasteiger partial charge in [-0.25, -0.2) is 0 Å². The monoisotopic (exact) mass is 352 g/mol. The average molecular weight is 354 g/mol. The number of aliphatic hydroxyl groups is 1. The molecule has 0 spiro atoms. The molecule has 1 rings (SSSR count). The minimum absolute atomic E-state index is 0.154. The number of halogens is 2. The van der Waals surface area contributed by atoms with Crippen LogP contribution in [0.5, 0.6) is 5.75 Å². The summed E-state index contributed by atoms with van der Waals surface area (Å²) in [5.41, 5.74) is 0. The third-order valence-electron chi connectivity index (χ3n) is 1.80. The van der Waals surface area contributed by atoms with Crippen molar-refractivity contribution >= 4 is 31.9 Å². The maximum Gasteiger partial charge on any atom is 0.115 e. The zero-order valence-electron chi connectivity index (χ0n) is 9.31. The maximum absolute atomic E-state index is 9.16. The quantitative estimate of drug-likeness (QED) is 0.810. The largest absolute Gasteiger partial charge is 0.508 e. The Morgan fingerprint density at radius 2 is 1.81 bits per heavy atom. The Labute approximate surface area is 114 Å². The van der Waals surface area contributed by atoms with Crippen LogP contribution in [0.15, 0.2) is 30.3 Å². The molecule has 0 aliphatic heterocycles. The SMILES string of the molecule is CC(Br)CC(O)CCBr.Oc1ccccc1. The van der Waals surface area contributed by atoms with E-state index in [9.17, 15) is 0 Å². The first-order valence-electron chi connectivity index (χ1n) is 5.18. The standard InChI is InChI=1S/C6H12Br2O.C6H6O/c1-5(8)4-6(9)2-3-7;7-6-4-2-1-3-5-6/h5-6,9H,2-4H2,1H3;1-5,7H. The molecular formula is C12H18Br2O2. The maximum atomic E-state index is 9.16. The lowest BCUT2D eigenvalue weighted by atomic mass is 10.2. The molecule has 0 heterocycles. The molecular weight excluding hydrogens is 336 g/mol. The lowest BCUT2D eigenvalue weighted by Crippen LogP contribution is -2.11. The summed E-state index contributed by atoms with van der Waals surface area (Å²) >= 11 is 6.63. The molecule has 0 aliphatic rings. The van der Waals surface area contributed by atoms with Crippen molar-refractivity contribution in [2.75, 3.05) is 5.33 Å². The number of alkyl halides is 2. The van der Waals surface area contributed by atoms with Gasteiger partial charge in [-0.15, -0.1) is 0 Å². The summed E-state index contributed by atoms with van der Waals surface area (Å²) in [7, 11) is 0. The second-order valence-corrected chi connectivity index (χ2v) is 5.84. The molecule has 0 bridgehead atoms. The first-order chi connectivity index (χ1) is 7.56. The Hall–Kier alpha value is -0.0600. The highest BCUT2D eigenvalue weighted by Crippen LogP contribution is 2.09. The Morgan fingerprint density at radius 3 is 2.12 bits per heavy atom. The van der Waals surface area contributed by atoms with Gasteiger partial charge in [0.15, 0.2) is 0 Å². The molecule has 2 N–H and O–H groups in total. The number of aromatic hydroxyl groups is 1. The summed E-state index contributed by atoms with van der Waals surface area (Å²) in [6, 6.07) is 8.71. The first kappa shape index (κ1) is 15.9. The fourth-order valence-electron chi connectivity index (χ4n) is 1.05. The normalized spacial score (nSPS) is 13.5. The second kappa shape index (κ2) is 10.1. The van der Waals surface area contributed by atoms with Crippen molar-refractivity contribution in [3.8, 4) is 5.75 Å². The van der Waals surface area contributed by atoms with E-state index >= 15 is 0 Å². The van der Waals surface area contributed by atoms with E-state index in [0.717, 1.165) is 18.2 Å². The van der Waals surface area contributed by atoms with Crippen molar-refractivity contribution in [2.45, 2.75) is 30.7 Å². The molecule has 0 amide bonds. The van der Waals surface area contributed by atoms with Crippen molar-refractivity contribution in [3.63, 3.8) is 0 Å². The van der Waals surface area contributed by atoms with Gasteiger partial charge in [0.2, 0.25) is 0 Å². The number of hydrogen-bond acceptors (Lipinski definition) is 2. The molecule has 0 radical (unpaired) electrons. The molecule has 16 heavy (non-hydrogen) atoms. The van der Waals surface area contributed by atoms with Crippen molar-refractivity contribution in [3.05, 3.63) is 30.3 Å². The van der Waals surface area contributed by atoms with Gasteiger partial charge in [-0.05, 0) is 25.0 Å². The predicted octanol–water partition coefficient (Wildman–Crippen LogP) is 3.70. The van der Waals surface area contributed by atoms with E-state index < -0.39 is 0 Å². The number of aliphatic hydroxyl groups excluding tert-OH is 1. The van der Waals surface area contributed by atoms with Crippen LogP contribution in [0.25, 0.3) is 0 Å². The first-order valence-corrected chi connectivity index (χ1v) is 7.22. The highest BCUT2D eigenvalue weighted by Gasteiger charge is 2.05. The number of phenols is 1. The smallest absolute Gasteiger partial charge is 0.115 e. The number of benzene rings is 1. The van der Waals surface area contributed by atoms with Crippen LogP contribution in [-0.2, 0) is 0 Å². The zero-order valence-corrected chi connectivity index (χ0v) is 12.5. The molecule has 0 saturated carbocycles. The van der Waals surface area contributed by atoms with Gasteiger partial charge >= 0.3 is 0 Å². The van der Waals surface area contributed by atoms with E-state index in [0.29, 0.717) is 10.6 Å². The van der Waals surface area contributed by atoms with Crippen molar-refractivity contribution in [1.29, 1.82) is 0 Å². The summed E-state index contributed by atoms with van der Waals surface area (Å²) in [5.74, 6) is 0.322. The number of phenolic OH excluding ortho intramolecular Hbond substituents is 1. The Bertz CT molecular complexity index is 252. The second-order valence-electron chi connectivity index (χ2n) is 3.48. The van der Waals surface area contributed by atoms with Crippen molar-refractivity contribution < 1.29 is 10.2 Å². The van der Waals surface area contributed by atoms with E-state index in [1.807, 2.05) is 13.0 Å². The van der Waals surface area contributed by atoms with E-state index in [-0.39, 0.29) is 6.10 Å². The minimum Gasteiger partial charge on any atom is -0.508 e. The van der Waals surface area contributed by atoms with Crippen LogP contribution in [0.4, 0.5) is 0 Å². The average Bonchev–Trinajstić information content (AvgIpc) is 2.18. The summed E-state index contributed by atoms with van der Waals surface area (Å²) in [6.45, 7) is 2.04. The molecule has 0 aromatic heterocycles. The van der Waals surface area contributed by atoms with Crippen LogP contribution in [0.3, 0.4) is 0 Å². The van der Waals surface area contributed by atoms with E-state index in [4.69, 9.17) is 10.2 Å². The van der Waals surface area contributed by atoms with E-state index in [1.54, 1.807) is 24.3 Å². The molecule has 2 unspecified atom stereocenters. The summed E-state index contributed by atoms with van der Waals surface area (Å²) < 4.78 is 0. The van der Waals surface area contributed by atoms with Crippen LogP contribution >= 0.6 is 31.9 Å². The van der Waals surface area contributed by atoms with Crippen LogP contribution in [-0.4, -0.2) is 26.5 Å². The molecule has 1 aromatic rings. The molecule has 0 fully saturated rings. The number of hydrogen-bond donors (Lipinski definition) is 2. The van der Waals surface area contributed by atoms with Crippen molar-refractivity contribution in [2.24, 2.45) is 0 Å². The van der Waals surface area contributed by atoms with Crippen LogP contribution in [0.1, 0.15) is 19.8 Å². The minimum atomic E-state index is -0.154. The molecule has 0 aliphatic carbocycles. The molecule has 0 saturated heterocycles.